The van der Waals surface area contributed by atoms with Gasteiger partial charge >= 0.3 is 0 Å². The van der Waals surface area contributed by atoms with Crippen molar-refractivity contribution in [3.8, 4) is 11.5 Å². The molecule has 6 nitrogen and oxygen atoms in total. The number of nitrogens with zero attached hydrogens (tertiary/aromatic N) is 1. The van der Waals surface area contributed by atoms with Crippen LogP contribution in [0.4, 0.5) is 0 Å². The second kappa shape index (κ2) is 10.4. The first kappa shape index (κ1) is 21.4. The Bertz CT molecular complexity index is 1010. The van der Waals surface area contributed by atoms with Crippen LogP contribution < -0.4 is 14.9 Å². The third-order valence-electron chi connectivity index (χ3n) is 4.25. The minimum absolute atomic E-state index is 0.369. The smallest absolute Gasteiger partial charge is 0.273 e. The van der Waals surface area contributed by atoms with Crippen molar-refractivity contribution in [1.29, 1.82) is 0 Å². The molecular formula is C23H21ClN2O4. The van der Waals surface area contributed by atoms with Crippen LogP contribution in [0.2, 0.25) is 5.02 Å². The van der Waals surface area contributed by atoms with E-state index < -0.39 is 12.0 Å². The summed E-state index contributed by atoms with van der Waals surface area (Å²) in [6, 6.07) is 21.3. The molecule has 0 aromatic heterocycles. The number of carbonyl (C=O) groups is 1. The van der Waals surface area contributed by atoms with Crippen LogP contribution >= 0.6 is 11.6 Å². The second-order valence-electron chi connectivity index (χ2n) is 6.37. The van der Waals surface area contributed by atoms with Gasteiger partial charge in [-0.2, -0.15) is 5.10 Å². The monoisotopic (exact) mass is 424 g/mol. The molecule has 1 atom stereocenters. The summed E-state index contributed by atoms with van der Waals surface area (Å²) in [5.41, 5.74) is 4.50. The van der Waals surface area contributed by atoms with Crippen molar-refractivity contribution in [2.24, 2.45) is 5.10 Å². The van der Waals surface area contributed by atoms with Crippen LogP contribution in [0.5, 0.6) is 11.5 Å². The predicted molar refractivity (Wildman–Crippen MR) is 116 cm³/mol. The number of methoxy groups -OCH3 is 1. The Morgan fingerprint density at radius 3 is 2.53 bits per heavy atom. The number of carbonyl (C=O) groups excluding carboxylic acids is 1. The summed E-state index contributed by atoms with van der Waals surface area (Å²) >= 11 is 5.89. The van der Waals surface area contributed by atoms with E-state index in [0.29, 0.717) is 34.3 Å². The van der Waals surface area contributed by atoms with Gasteiger partial charge in [0.2, 0.25) is 0 Å². The molecule has 154 valence electrons. The predicted octanol–water partition coefficient (Wildman–Crippen LogP) is 4.11. The number of aliphatic hydroxyl groups is 1. The van der Waals surface area contributed by atoms with Crippen LogP contribution in [-0.2, 0) is 11.4 Å². The standard InChI is InChI=1S/C23H21ClN2O4/c1-29-21-13-17(9-12-20(21)30-15-16-7-10-19(24)11-8-16)14-25-26-23(28)22(27)18-5-3-2-4-6-18/h2-14,22,27H,15H2,1H3,(H,26,28)/b25-14+. The van der Waals surface area contributed by atoms with E-state index in [4.69, 9.17) is 21.1 Å². The Labute approximate surface area is 179 Å². The molecule has 0 saturated carbocycles. The molecule has 0 fully saturated rings. The van der Waals surface area contributed by atoms with Gasteiger partial charge in [-0.3, -0.25) is 4.79 Å². The largest absolute Gasteiger partial charge is 0.493 e. The number of nitrogens with one attached hydrogen (secondary N) is 1. The third-order valence-corrected chi connectivity index (χ3v) is 4.50. The van der Waals surface area contributed by atoms with Gasteiger partial charge in [-0.25, -0.2) is 5.43 Å². The Kier molecular flexibility index (Phi) is 7.43. The van der Waals surface area contributed by atoms with E-state index in [-0.39, 0.29) is 0 Å². The highest BCUT2D eigenvalue weighted by atomic mass is 35.5. The summed E-state index contributed by atoms with van der Waals surface area (Å²) in [6.45, 7) is 0.369. The van der Waals surface area contributed by atoms with Gasteiger partial charge in [0, 0.05) is 5.02 Å². The number of aliphatic hydroxyl groups excluding tert-OH is 1. The average Bonchev–Trinajstić information content (AvgIpc) is 2.79. The molecule has 0 aliphatic rings. The molecule has 0 saturated heterocycles. The molecule has 0 aliphatic heterocycles. The van der Waals surface area contributed by atoms with Crippen molar-refractivity contribution >= 4 is 23.7 Å². The normalized spacial score (nSPS) is 11.8. The summed E-state index contributed by atoms with van der Waals surface area (Å²) in [4.78, 5) is 12.0. The Balaban J connectivity index is 1.59. The molecule has 3 aromatic carbocycles. The topological polar surface area (TPSA) is 80.2 Å². The van der Waals surface area contributed by atoms with Crippen LogP contribution in [-0.4, -0.2) is 24.3 Å². The Morgan fingerprint density at radius 1 is 1.10 bits per heavy atom. The maximum Gasteiger partial charge on any atom is 0.273 e. The molecule has 1 amide bonds. The molecule has 0 radical (unpaired) electrons. The minimum atomic E-state index is -1.29. The number of hydrogen-bond acceptors (Lipinski definition) is 5. The molecule has 0 bridgehead atoms. The van der Waals surface area contributed by atoms with E-state index in [1.807, 2.05) is 18.2 Å². The van der Waals surface area contributed by atoms with Crippen LogP contribution in [0, 0.1) is 0 Å². The summed E-state index contributed by atoms with van der Waals surface area (Å²) in [5.74, 6) is 0.490. The zero-order chi connectivity index (χ0) is 21.3. The van der Waals surface area contributed by atoms with Crippen molar-refractivity contribution in [1.82, 2.24) is 5.43 Å². The number of amides is 1. The van der Waals surface area contributed by atoms with E-state index in [2.05, 4.69) is 10.5 Å². The lowest BCUT2D eigenvalue weighted by atomic mass is 10.1. The van der Waals surface area contributed by atoms with Gasteiger partial charge in [-0.15, -0.1) is 0 Å². The molecule has 0 spiro atoms. The molecule has 0 aliphatic carbocycles. The van der Waals surface area contributed by atoms with Crippen LogP contribution in [0.15, 0.2) is 77.9 Å². The highest BCUT2D eigenvalue weighted by molar-refractivity contribution is 6.30. The van der Waals surface area contributed by atoms with Gasteiger partial charge in [0.05, 0.1) is 13.3 Å². The molecule has 3 aromatic rings. The summed E-state index contributed by atoms with van der Waals surface area (Å²) < 4.78 is 11.2. The van der Waals surface area contributed by atoms with E-state index in [0.717, 1.165) is 5.56 Å². The maximum atomic E-state index is 12.0. The van der Waals surface area contributed by atoms with Crippen LogP contribution in [0.25, 0.3) is 0 Å². The van der Waals surface area contributed by atoms with Crippen molar-refractivity contribution < 1.29 is 19.4 Å². The van der Waals surface area contributed by atoms with Gasteiger partial charge in [-0.1, -0.05) is 54.1 Å². The number of benzene rings is 3. The molecule has 2 N–H and O–H groups in total. The number of rotatable bonds is 8. The fraction of sp³-hybridized carbons (Fsp3) is 0.130. The number of ether oxygens (including phenoxy) is 2. The van der Waals surface area contributed by atoms with Crippen molar-refractivity contribution in [3.63, 3.8) is 0 Å². The zero-order valence-corrected chi connectivity index (χ0v) is 17.0. The molecule has 0 heterocycles. The molecule has 1 unspecified atom stereocenters. The summed E-state index contributed by atoms with van der Waals surface area (Å²) in [5, 5.41) is 14.6. The first-order valence-corrected chi connectivity index (χ1v) is 9.56. The van der Waals surface area contributed by atoms with E-state index >= 15 is 0 Å². The SMILES string of the molecule is COc1cc(/C=N/NC(=O)C(O)c2ccccc2)ccc1OCc1ccc(Cl)cc1. The summed E-state index contributed by atoms with van der Waals surface area (Å²) in [7, 11) is 1.55. The van der Waals surface area contributed by atoms with Gasteiger partial charge in [0.25, 0.3) is 5.91 Å². The lowest BCUT2D eigenvalue weighted by Crippen LogP contribution is -2.25. The van der Waals surface area contributed by atoms with Gasteiger partial charge in [-0.05, 0) is 47.0 Å². The van der Waals surface area contributed by atoms with Gasteiger partial charge in [0.15, 0.2) is 17.6 Å². The molecule has 3 rings (SSSR count). The van der Waals surface area contributed by atoms with Crippen LogP contribution in [0.1, 0.15) is 22.8 Å². The summed E-state index contributed by atoms with van der Waals surface area (Å²) in [6.07, 6.45) is 0.169. The average molecular weight is 425 g/mol. The minimum Gasteiger partial charge on any atom is -0.493 e. The number of hydrogen-bond donors (Lipinski definition) is 2. The lowest BCUT2D eigenvalue weighted by Gasteiger charge is -2.11. The maximum absolute atomic E-state index is 12.0. The van der Waals surface area contributed by atoms with E-state index in [1.54, 1.807) is 61.7 Å². The zero-order valence-electron chi connectivity index (χ0n) is 16.3. The fourth-order valence-electron chi connectivity index (χ4n) is 2.64. The Morgan fingerprint density at radius 2 is 1.83 bits per heavy atom. The highest BCUT2D eigenvalue weighted by Crippen LogP contribution is 2.28. The van der Waals surface area contributed by atoms with Gasteiger partial charge in [0.1, 0.15) is 6.61 Å². The number of hydrazone groups is 1. The first-order chi connectivity index (χ1) is 14.6. The fourth-order valence-corrected chi connectivity index (χ4v) is 2.77. The van der Waals surface area contributed by atoms with Crippen molar-refractivity contribution in [2.75, 3.05) is 7.11 Å². The van der Waals surface area contributed by atoms with E-state index in [1.165, 1.54) is 6.21 Å². The lowest BCUT2D eigenvalue weighted by molar-refractivity contribution is -0.129. The molecular weight excluding hydrogens is 404 g/mol. The first-order valence-electron chi connectivity index (χ1n) is 9.18. The number of halogens is 1. The quantitative estimate of drug-likeness (QED) is 0.421. The van der Waals surface area contributed by atoms with Crippen LogP contribution in [0.3, 0.4) is 0 Å². The van der Waals surface area contributed by atoms with E-state index in [9.17, 15) is 9.90 Å². The second-order valence-corrected chi connectivity index (χ2v) is 6.81. The molecule has 30 heavy (non-hydrogen) atoms. The third kappa shape index (κ3) is 5.83. The highest BCUT2D eigenvalue weighted by Gasteiger charge is 2.16. The Hall–Kier alpha value is -3.35. The van der Waals surface area contributed by atoms with Crippen molar-refractivity contribution in [2.45, 2.75) is 12.7 Å². The van der Waals surface area contributed by atoms with Gasteiger partial charge < -0.3 is 14.6 Å². The van der Waals surface area contributed by atoms with Crippen molar-refractivity contribution in [3.05, 3.63) is 94.5 Å². The molecule has 7 heteroatoms.